The number of aryl methyl sites for hydroxylation is 1. The SMILES string of the molecule is Cc1occc1C(=O)NNC(=O)[C@@H]1[C@H]2CC[C@@H](C2)[C@@H]1C(=O)O. The van der Waals surface area contributed by atoms with Gasteiger partial charge in [0.1, 0.15) is 5.76 Å². The quantitative estimate of drug-likeness (QED) is 0.724. The fourth-order valence-electron chi connectivity index (χ4n) is 3.91. The Labute approximate surface area is 127 Å². The molecule has 22 heavy (non-hydrogen) atoms. The molecule has 2 amide bonds. The third-order valence-corrected chi connectivity index (χ3v) is 4.91. The summed E-state index contributed by atoms with van der Waals surface area (Å²) in [5.74, 6) is -2.42. The molecule has 2 saturated carbocycles. The van der Waals surface area contributed by atoms with Crippen molar-refractivity contribution >= 4 is 17.8 Å². The minimum atomic E-state index is -0.927. The molecule has 3 N–H and O–H groups in total. The number of hydrogen-bond donors (Lipinski definition) is 3. The molecule has 1 aromatic rings. The predicted molar refractivity (Wildman–Crippen MR) is 74.5 cm³/mol. The number of carbonyl (C=O) groups is 3. The molecule has 0 aliphatic heterocycles. The number of rotatable bonds is 3. The van der Waals surface area contributed by atoms with Crippen LogP contribution in [0, 0.1) is 30.6 Å². The van der Waals surface area contributed by atoms with Crippen LogP contribution in [-0.4, -0.2) is 22.9 Å². The van der Waals surface area contributed by atoms with Crippen molar-refractivity contribution in [3.8, 4) is 0 Å². The van der Waals surface area contributed by atoms with Crippen LogP contribution in [-0.2, 0) is 9.59 Å². The Morgan fingerprint density at radius 2 is 1.86 bits per heavy atom. The molecule has 2 aliphatic carbocycles. The molecule has 2 bridgehead atoms. The Bertz CT molecular complexity index is 623. The second kappa shape index (κ2) is 5.47. The monoisotopic (exact) mass is 306 g/mol. The van der Waals surface area contributed by atoms with E-state index in [9.17, 15) is 19.5 Å². The summed E-state index contributed by atoms with van der Waals surface area (Å²) in [6, 6.07) is 1.51. The number of fused-ring (bicyclic) bond motifs is 2. The van der Waals surface area contributed by atoms with Crippen LogP contribution in [0.15, 0.2) is 16.7 Å². The summed E-state index contributed by atoms with van der Waals surface area (Å²) in [5, 5.41) is 9.34. The van der Waals surface area contributed by atoms with E-state index in [1.165, 1.54) is 12.3 Å². The van der Waals surface area contributed by atoms with Gasteiger partial charge in [-0.05, 0) is 44.1 Å². The van der Waals surface area contributed by atoms with Gasteiger partial charge in [0.15, 0.2) is 0 Å². The van der Waals surface area contributed by atoms with Crippen LogP contribution in [0.1, 0.15) is 35.4 Å². The van der Waals surface area contributed by atoms with E-state index in [0.717, 1.165) is 19.3 Å². The van der Waals surface area contributed by atoms with Crippen LogP contribution in [0.3, 0.4) is 0 Å². The first-order chi connectivity index (χ1) is 10.5. The first kappa shape index (κ1) is 14.6. The Hall–Kier alpha value is -2.31. The molecule has 0 radical (unpaired) electrons. The van der Waals surface area contributed by atoms with E-state index in [0.29, 0.717) is 11.3 Å². The van der Waals surface area contributed by atoms with Gasteiger partial charge in [0.05, 0.1) is 23.7 Å². The second-order valence-corrected chi connectivity index (χ2v) is 6.06. The molecule has 0 spiro atoms. The summed E-state index contributed by atoms with van der Waals surface area (Å²) in [7, 11) is 0. The van der Waals surface area contributed by atoms with Gasteiger partial charge in [-0.15, -0.1) is 0 Å². The maximum Gasteiger partial charge on any atom is 0.307 e. The van der Waals surface area contributed by atoms with Crippen molar-refractivity contribution in [2.45, 2.75) is 26.2 Å². The molecule has 1 heterocycles. The number of aliphatic carboxylic acids is 1. The number of carboxylic acid groups (broad SMARTS) is 1. The molecule has 7 heteroatoms. The smallest absolute Gasteiger partial charge is 0.307 e. The molecule has 0 unspecified atom stereocenters. The van der Waals surface area contributed by atoms with Crippen LogP contribution in [0.25, 0.3) is 0 Å². The predicted octanol–water partition coefficient (Wildman–Crippen LogP) is 1.10. The molecule has 3 rings (SSSR count). The number of hydrazine groups is 1. The van der Waals surface area contributed by atoms with E-state index in [4.69, 9.17) is 4.42 Å². The zero-order chi connectivity index (χ0) is 15.9. The van der Waals surface area contributed by atoms with Gasteiger partial charge < -0.3 is 9.52 Å². The van der Waals surface area contributed by atoms with E-state index >= 15 is 0 Å². The van der Waals surface area contributed by atoms with E-state index in [2.05, 4.69) is 10.9 Å². The Morgan fingerprint density at radius 1 is 1.18 bits per heavy atom. The lowest BCUT2D eigenvalue weighted by atomic mass is 9.79. The summed E-state index contributed by atoms with van der Waals surface area (Å²) in [5.41, 5.74) is 5.03. The van der Waals surface area contributed by atoms with Crippen molar-refractivity contribution in [3.05, 3.63) is 23.7 Å². The standard InChI is InChI=1S/C15H18N2O5/c1-7-10(4-5-22-7)13(18)16-17-14(19)11-8-2-3-9(6-8)12(11)15(20)21/h4-5,8-9,11-12H,2-3,6H2,1H3,(H,16,18)(H,17,19)(H,20,21)/t8-,9-,11+,12-/m0/s1. The van der Waals surface area contributed by atoms with Gasteiger partial charge in [-0.3, -0.25) is 25.2 Å². The van der Waals surface area contributed by atoms with Crippen molar-refractivity contribution in [3.63, 3.8) is 0 Å². The van der Waals surface area contributed by atoms with Crippen molar-refractivity contribution in [2.75, 3.05) is 0 Å². The van der Waals surface area contributed by atoms with E-state index < -0.39 is 29.6 Å². The summed E-state index contributed by atoms with van der Waals surface area (Å²) in [6.07, 6.45) is 3.92. The largest absolute Gasteiger partial charge is 0.481 e. The van der Waals surface area contributed by atoms with Crippen LogP contribution in [0.5, 0.6) is 0 Å². The highest BCUT2D eigenvalue weighted by Crippen LogP contribution is 2.52. The summed E-state index contributed by atoms with van der Waals surface area (Å²) < 4.78 is 5.03. The van der Waals surface area contributed by atoms with Crippen molar-refractivity contribution in [1.82, 2.24) is 10.9 Å². The average Bonchev–Trinajstić information content (AvgIpc) is 3.18. The fourth-order valence-corrected chi connectivity index (χ4v) is 3.91. The highest BCUT2D eigenvalue weighted by molar-refractivity contribution is 5.96. The molecule has 118 valence electrons. The Kier molecular flexibility index (Phi) is 3.64. The van der Waals surface area contributed by atoms with Crippen LogP contribution in [0.2, 0.25) is 0 Å². The fraction of sp³-hybridized carbons (Fsp3) is 0.533. The second-order valence-electron chi connectivity index (χ2n) is 6.06. The molecular weight excluding hydrogens is 288 g/mol. The molecule has 1 aromatic heterocycles. The summed E-state index contributed by atoms with van der Waals surface area (Å²) in [4.78, 5) is 35.6. The first-order valence-corrected chi connectivity index (χ1v) is 7.36. The van der Waals surface area contributed by atoms with Crippen molar-refractivity contribution < 1.29 is 23.9 Å². The highest BCUT2D eigenvalue weighted by atomic mass is 16.4. The number of carboxylic acids is 1. The average molecular weight is 306 g/mol. The molecular formula is C15H18N2O5. The highest BCUT2D eigenvalue weighted by Gasteiger charge is 2.54. The third-order valence-electron chi connectivity index (χ3n) is 4.91. The van der Waals surface area contributed by atoms with E-state index in [-0.39, 0.29) is 11.8 Å². The zero-order valence-electron chi connectivity index (χ0n) is 12.2. The lowest BCUT2D eigenvalue weighted by molar-refractivity contribution is -0.149. The normalized spacial score (nSPS) is 29.3. The van der Waals surface area contributed by atoms with Crippen molar-refractivity contribution in [1.29, 1.82) is 0 Å². The van der Waals surface area contributed by atoms with Crippen molar-refractivity contribution in [2.24, 2.45) is 23.7 Å². The van der Waals surface area contributed by atoms with E-state index in [1.54, 1.807) is 6.92 Å². The molecule has 2 aliphatic rings. The molecule has 0 saturated heterocycles. The summed E-state index contributed by atoms with van der Waals surface area (Å²) in [6.45, 7) is 1.65. The Balaban J connectivity index is 1.63. The molecule has 0 aromatic carbocycles. The van der Waals surface area contributed by atoms with Crippen LogP contribution < -0.4 is 10.9 Å². The minimum Gasteiger partial charge on any atom is -0.481 e. The van der Waals surface area contributed by atoms with Gasteiger partial charge in [-0.25, -0.2) is 0 Å². The van der Waals surface area contributed by atoms with Gasteiger partial charge >= 0.3 is 5.97 Å². The number of nitrogens with one attached hydrogen (secondary N) is 2. The number of furan rings is 1. The van der Waals surface area contributed by atoms with Gasteiger partial charge in [-0.1, -0.05) is 0 Å². The van der Waals surface area contributed by atoms with Crippen LogP contribution in [0.4, 0.5) is 0 Å². The number of hydrogen-bond acceptors (Lipinski definition) is 4. The first-order valence-electron chi connectivity index (χ1n) is 7.36. The van der Waals surface area contributed by atoms with Gasteiger partial charge in [0.2, 0.25) is 5.91 Å². The lowest BCUT2D eigenvalue weighted by Gasteiger charge is -2.26. The topological polar surface area (TPSA) is 109 Å². The summed E-state index contributed by atoms with van der Waals surface area (Å²) >= 11 is 0. The van der Waals surface area contributed by atoms with Crippen LogP contribution >= 0.6 is 0 Å². The molecule has 4 atom stereocenters. The van der Waals surface area contributed by atoms with Gasteiger partial charge in [-0.2, -0.15) is 0 Å². The maximum atomic E-state index is 12.3. The number of carbonyl (C=O) groups excluding carboxylic acids is 2. The zero-order valence-corrected chi connectivity index (χ0v) is 12.2. The Morgan fingerprint density at radius 3 is 2.45 bits per heavy atom. The molecule has 2 fully saturated rings. The van der Waals surface area contributed by atoms with E-state index in [1.807, 2.05) is 0 Å². The number of amides is 2. The minimum absolute atomic E-state index is 0.0741. The molecule has 7 nitrogen and oxygen atoms in total. The van der Waals surface area contributed by atoms with Gasteiger partial charge in [0.25, 0.3) is 5.91 Å². The third kappa shape index (κ3) is 2.36. The van der Waals surface area contributed by atoms with Gasteiger partial charge in [0, 0.05) is 0 Å². The maximum absolute atomic E-state index is 12.3. The lowest BCUT2D eigenvalue weighted by Crippen LogP contribution is -2.48.